The third kappa shape index (κ3) is 12.7. The Hall–Kier alpha value is -7.29. The number of rotatable bonds is 12. The minimum Gasteiger partial charge on any atom is -0.481 e. The molecule has 4 heterocycles. The SMILES string of the molecule is [2H]N1C(=O)C(c2cccs2)NC(=O)[C@H](CC(=O)O)N([2H])C(=O)[C@H](CC(=O)N2CCN(c3ccccc3)CC2)NC(=O)[C@@H](CC(=O)O)NC(=O)[C@H](Cc2c[nH]c3ccccc23)NC(=O)[C@@H]1CC(C)C. The molecule has 21 heteroatoms. The van der Waals surface area contributed by atoms with Crippen molar-refractivity contribution in [3.05, 3.63) is 88.7 Å². The van der Waals surface area contributed by atoms with Gasteiger partial charge in [-0.1, -0.05) is 56.3 Å². The molecule has 2 aromatic carbocycles. The number of anilines is 1. The van der Waals surface area contributed by atoms with E-state index in [1.165, 1.54) is 17.0 Å². The number of aromatic nitrogens is 1. The van der Waals surface area contributed by atoms with Crippen LogP contribution in [0.4, 0.5) is 5.69 Å². The number of carboxylic acids is 2. The number of aliphatic carboxylic acids is 2. The lowest BCUT2D eigenvalue weighted by Crippen LogP contribution is -2.61. The number of benzene rings is 2. The molecule has 6 rings (SSSR count). The van der Waals surface area contributed by atoms with E-state index in [1.54, 1.807) is 49.7 Å². The van der Waals surface area contributed by atoms with E-state index >= 15 is 0 Å². The van der Waals surface area contributed by atoms with E-state index in [1.807, 2.05) is 35.2 Å². The van der Waals surface area contributed by atoms with Crippen molar-refractivity contribution >= 4 is 81.2 Å². The van der Waals surface area contributed by atoms with Crippen LogP contribution >= 0.6 is 11.3 Å². The fourth-order valence-corrected chi connectivity index (χ4v) is 8.50. The minimum atomic E-state index is -2.22. The van der Waals surface area contributed by atoms with Crippen LogP contribution in [0.15, 0.2) is 78.3 Å². The zero-order valence-corrected chi connectivity index (χ0v) is 37.0. The lowest BCUT2D eigenvalue weighted by molar-refractivity contribution is -0.143. The molecule has 0 spiro atoms. The predicted octanol–water partition coefficient (Wildman–Crippen LogP) is 0.801. The molecule has 2 saturated heterocycles. The van der Waals surface area contributed by atoms with Crippen LogP contribution in [-0.4, -0.2) is 130 Å². The van der Waals surface area contributed by atoms with Crippen LogP contribution in [0.25, 0.3) is 10.9 Å². The number of piperazine rings is 1. The molecule has 0 aliphatic carbocycles. The molecule has 1 unspecified atom stereocenters. The van der Waals surface area contributed by atoms with Crippen LogP contribution in [-0.2, 0) is 49.6 Å². The standard InChI is InChI=1S/C45H53N9O11S/c1-25(2)19-30-40(60)47-31(20-26-24-46-29-12-7-6-11-28(26)29)41(61)49-33(22-37(56)57)43(63)48-32(21-36(55)54-16-14-53(15-17-54)27-9-4-3-5-10-27)42(62)50-34(23-38(58)59)44(64)52-39(45(65)51-30)35-13-8-18-66-35/h3-13,18,24-25,30-34,39,46H,14-17,19-23H2,1-2H3,(H,47,60)(H,48,63)(H,49,61)(H,50,62)(H,51,65)(H,52,64)(H,56,57)(H,58,59)/t30-,31-,32-,33+,34-,39?/m0/s1/i/hD2. The summed E-state index contributed by atoms with van der Waals surface area (Å²) >= 11 is 0.973. The Bertz CT molecular complexity index is 2500. The van der Waals surface area contributed by atoms with Crippen LogP contribution in [0.2, 0.25) is 2.82 Å². The highest BCUT2D eigenvalue weighted by Gasteiger charge is 2.38. The molecule has 0 bridgehead atoms. The van der Waals surface area contributed by atoms with Gasteiger partial charge < -0.3 is 56.9 Å². The molecule has 9 N–H and O–H groups in total. The van der Waals surface area contributed by atoms with Crippen LogP contribution in [0, 0.1) is 5.92 Å². The van der Waals surface area contributed by atoms with Gasteiger partial charge in [0.1, 0.15) is 36.3 Å². The number of para-hydroxylation sites is 2. The Kier molecular flexibility index (Phi) is 15.1. The average molecular weight is 930 g/mol. The molecule has 0 radical (unpaired) electrons. The summed E-state index contributed by atoms with van der Waals surface area (Å²) in [4.78, 5) is 131. The molecule has 0 saturated carbocycles. The molecule has 4 aromatic rings. The highest BCUT2D eigenvalue weighted by atomic mass is 32.1. The number of carbonyl (C=O) groups is 9. The van der Waals surface area contributed by atoms with E-state index in [-0.39, 0.29) is 42.0 Å². The molecule has 2 aliphatic rings. The van der Waals surface area contributed by atoms with Gasteiger partial charge in [0, 0.05) is 60.3 Å². The number of nitrogens with one attached hydrogen (secondary N) is 7. The first-order valence-corrected chi connectivity index (χ1v) is 22.2. The first-order valence-electron chi connectivity index (χ1n) is 22.3. The normalized spacial score (nSPS) is 23.6. The topological polar surface area (TPSA) is 289 Å². The van der Waals surface area contributed by atoms with Gasteiger partial charge >= 0.3 is 11.9 Å². The number of amides is 7. The van der Waals surface area contributed by atoms with Crippen molar-refractivity contribution in [3.63, 3.8) is 0 Å². The summed E-state index contributed by atoms with van der Waals surface area (Å²) in [6.45, 7) is 4.53. The van der Waals surface area contributed by atoms with Gasteiger partial charge in [-0.05, 0) is 47.5 Å². The summed E-state index contributed by atoms with van der Waals surface area (Å²) < 4.78 is 18.0. The van der Waals surface area contributed by atoms with E-state index in [0.29, 0.717) is 34.9 Å². The van der Waals surface area contributed by atoms with Crippen molar-refractivity contribution in [2.24, 2.45) is 5.92 Å². The molecule has 2 fully saturated rings. The highest BCUT2D eigenvalue weighted by Crippen LogP contribution is 2.23. The Morgan fingerprint density at radius 1 is 0.667 bits per heavy atom. The largest absolute Gasteiger partial charge is 0.481 e. The fourth-order valence-electron chi connectivity index (χ4n) is 7.73. The van der Waals surface area contributed by atoms with E-state index < -0.39 is 109 Å². The van der Waals surface area contributed by atoms with Crippen molar-refractivity contribution in [1.82, 2.24) is 41.8 Å². The van der Waals surface area contributed by atoms with Crippen molar-refractivity contribution in [2.75, 3.05) is 31.1 Å². The number of hydrogen-bond donors (Lipinski definition) is 9. The maximum Gasteiger partial charge on any atom is 0.305 e. The van der Waals surface area contributed by atoms with Gasteiger partial charge in [0.15, 0.2) is 2.82 Å². The first kappa shape index (κ1) is 45.3. The summed E-state index contributed by atoms with van der Waals surface area (Å²) in [5, 5.41) is 32.0. The predicted molar refractivity (Wildman–Crippen MR) is 241 cm³/mol. The van der Waals surface area contributed by atoms with Crippen molar-refractivity contribution < 1.29 is 56.2 Å². The van der Waals surface area contributed by atoms with Crippen molar-refractivity contribution in [1.29, 1.82) is 0 Å². The van der Waals surface area contributed by atoms with Crippen LogP contribution < -0.4 is 36.8 Å². The molecule has 20 nitrogen and oxygen atoms in total. The molecule has 6 atom stereocenters. The Morgan fingerprint density at radius 3 is 1.89 bits per heavy atom. The number of hydrogen-bond acceptors (Lipinski definition) is 11. The molecule has 7 amide bonds. The van der Waals surface area contributed by atoms with Crippen LogP contribution in [0.5, 0.6) is 0 Å². The second kappa shape index (κ2) is 22.1. The van der Waals surface area contributed by atoms with E-state index in [2.05, 4.69) is 26.3 Å². The number of nitrogens with zero attached hydrogens (tertiary/aromatic N) is 2. The number of H-pyrrole nitrogens is 1. The van der Waals surface area contributed by atoms with Gasteiger partial charge in [0.2, 0.25) is 41.4 Å². The third-order valence-corrected chi connectivity index (χ3v) is 12.0. The molecule has 2 aromatic heterocycles. The first-order chi connectivity index (χ1) is 32.4. The maximum atomic E-state index is 14.4. The average Bonchev–Trinajstić information content (AvgIpc) is 4.00. The third-order valence-electron chi connectivity index (χ3n) is 11.1. The monoisotopic (exact) mass is 929 g/mol. The Balaban J connectivity index is 1.41. The van der Waals surface area contributed by atoms with Gasteiger partial charge in [-0.15, -0.1) is 11.3 Å². The quantitative estimate of drug-likeness (QED) is 0.0955. The Morgan fingerprint density at radius 2 is 1.24 bits per heavy atom. The lowest BCUT2D eigenvalue weighted by atomic mass is 10.00. The number of aromatic amines is 1. The zero-order chi connectivity index (χ0) is 49.2. The molecule has 66 heavy (non-hydrogen) atoms. The summed E-state index contributed by atoms with van der Waals surface area (Å²) in [6, 6.07) is 8.20. The maximum absolute atomic E-state index is 14.4. The van der Waals surface area contributed by atoms with Gasteiger partial charge in [0.05, 0.1) is 19.3 Å². The minimum absolute atomic E-state index is 0.0381. The van der Waals surface area contributed by atoms with E-state index in [9.17, 15) is 53.4 Å². The summed E-state index contributed by atoms with van der Waals surface area (Å²) in [6.07, 6.45) is -1.93. The van der Waals surface area contributed by atoms with E-state index in [4.69, 9.17) is 2.82 Å². The van der Waals surface area contributed by atoms with E-state index in [0.717, 1.165) is 17.0 Å². The summed E-state index contributed by atoms with van der Waals surface area (Å²) in [5.74, 6) is -11.6. The molecule has 350 valence electrons. The van der Waals surface area contributed by atoms with Gasteiger partial charge in [-0.3, -0.25) is 43.2 Å². The second-order valence-corrected chi connectivity index (χ2v) is 17.4. The zero-order valence-electron chi connectivity index (χ0n) is 38.2. The molecular formula is C45H53N9O11S. The Labute approximate surface area is 386 Å². The summed E-state index contributed by atoms with van der Waals surface area (Å²) in [7, 11) is 0. The number of thiophene rings is 1. The van der Waals surface area contributed by atoms with Gasteiger partial charge in [-0.25, -0.2) is 0 Å². The smallest absolute Gasteiger partial charge is 0.305 e. The van der Waals surface area contributed by atoms with Crippen LogP contribution in [0.3, 0.4) is 0 Å². The number of carbonyl (C=O) groups excluding carboxylic acids is 7. The van der Waals surface area contributed by atoms with Gasteiger partial charge in [0.25, 0.3) is 0 Å². The molecule has 2 aliphatic heterocycles. The van der Waals surface area contributed by atoms with Gasteiger partial charge in [-0.2, -0.15) is 0 Å². The fraction of sp³-hybridized carbons (Fsp3) is 0.400. The van der Waals surface area contributed by atoms with Crippen LogP contribution in [0.1, 0.15) is 56.0 Å². The lowest BCUT2D eigenvalue weighted by Gasteiger charge is -2.36. The molecular weight excluding hydrogens is 875 g/mol. The van der Waals surface area contributed by atoms with Crippen molar-refractivity contribution in [3.8, 4) is 0 Å². The number of carboxylic acid groups (broad SMARTS) is 2. The highest BCUT2D eigenvalue weighted by molar-refractivity contribution is 7.10. The van der Waals surface area contributed by atoms with Crippen molar-refractivity contribution in [2.45, 2.75) is 82.2 Å². The second-order valence-electron chi connectivity index (χ2n) is 16.4. The summed E-state index contributed by atoms with van der Waals surface area (Å²) in [5.41, 5.74) is 2.10. The number of fused-ring (bicyclic) bond motifs is 1.